The number of hydrogen-bond donors (Lipinski definition) is 2. The molecular formula is C17H23ClN4O. The van der Waals surface area contributed by atoms with Crippen LogP contribution in [0.1, 0.15) is 35.5 Å². The number of carbonyl (C=O) groups excluding carboxylic acids is 1. The summed E-state index contributed by atoms with van der Waals surface area (Å²) >= 11 is 6.12. The van der Waals surface area contributed by atoms with Gasteiger partial charge in [-0.15, -0.1) is 0 Å². The molecule has 0 aliphatic rings. The molecule has 0 aliphatic carbocycles. The van der Waals surface area contributed by atoms with Crippen molar-refractivity contribution in [3.63, 3.8) is 0 Å². The van der Waals surface area contributed by atoms with Gasteiger partial charge in [0.2, 0.25) is 0 Å². The van der Waals surface area contributed by atoms with E-state index in [1.54, 1.807) is 11.9 Å². The standard InChI is InChI=1S/C17H23ClN4O/c1-11-16(12(2)21-20-11)13(3)22(4)17(23)19-10-9-14-7-5-6-8-15(14)18/h5-8,13H,9-10H2,1-4H3,(H,19,23)(H,20,21)/t13-/m0/s1. The van der Waals surface area contributed by atoms with E-state index in [1.165, 1.54) is 0 Å². The summed E-state index contributed by atoms with van der Waals surface area (Å²) in [4.78, 5) is 14.0. The molecule has 5 nitrogen and oxygen atoms in total. The first-order chi connectivity index (χ1) is 10.9. The van der Waals surface area contributed by atoms with Crippen molar-refractivity contribution >= 4 is 17.6 Å². The molecule has 2 rings (SSSR count). The van der Waals surface area contributed by atoms with E-state index in [4.69, 9.17) is 11.6 Å². The molecule has 0 unspecified atom stereocenters. The quantitative estimate of drug-likeness (QED) is 0.877. The van der Waals surface area contributed by atoms with Gasteiger partial charge in [0.15, 0.2) is 0 Å². The number of aromatic nitrogens is 2. The van der Waals surface area contributed by atoms with Crippen molar-refractivity contribution < 1.29 is 4.79 Å². The van der Waals surface area contributed by atoms with E-state index < -0.39 is 0 Å². The second-order valence-electron chi connectivity index (χ2n) is 5.71. The molecule has 0 saturated carbocycles. The third-order valence-electron chi connectivity index (χ3n) is 4.13. The summed E-state index contributed by atoms with van der Waals surface area (Å²) in [7, 11) is 1.79. The number of amides is 2. The molecule has 1 aromatic heterocycles. The van der Waals surface area contributed by atoms with Gasteiger partial charge in [-0.2, -0.15) is 5.10 Å². The summed E-state index contributed by atoms with van der Waals surface area (Å²) in [6.07, 6.45) is 0.706. The van der Waals surface area contributed by atoms with Crippen molar-refractivity contribution in [2.45, 2.75) is 33.2 Å². The third-order valence-corrected chi connectivity index (χ3v) is 4.50. The average molecular weight is 335 g/mol. The normalized spacial score (nSPS) is 12.0. The largest absolute Gasteiger partial charge is 0.338 e. The highest BCUT2D eigenvalue weighted by atomic mass is 35.5. The molecule has 2 amide bonds. The fourth-order valence-electron chi connectivity index (χ4n) is 2.67. The minimum Gasteiger partial charge on any atom is -0.338 e. The Morgan fingerprint density at radius 1 is 1.39 bits per heavy atom. The van der Waals surface area contributed by atoms with Gasteiger partial charge in [-0.25, -0.2) is 4.79 Å². The lowest BCUT2D eigenvalue weighted by Crippen LogP contribution is -2.39. The Balaban J connectivity index is 1.91. The van der Waals surface area contributed by atoms with E-state index in [2.05, 4.69) is 15.5 Å². The van der Waals surface area contributed by atoms with E-state index in [-0.39, 0.29) is 12.1 Å². The van der Waals surface area contributed by atoms with Crippen molar-refractivity contribution in [2.24, 2.45) is 0 Å². The molecule has 1 aromatic carbocycles. The van der Waals surface area contributed by atoms with Crippen LogP contribution in [0.2, 0.25) is 5.02 Å². The van der Waals surface area contributed by atoms with Crippen LogP contribution in [0.5, 0.6) is 0 Å². The van der Waals surface area contributed by atoms with Crippen LogP contribution in [0, 0.1) is 13.8 Å². The Morgan fingerprint density at radius 2 is 2.09 bits per heavy atom. The highest BCUT2D eigenvalue weighted by Gasteiger charge is 2.21. The van der Waals surface area contributed by atoms with Crippen LogP contribution in [0.4, 0.5) is 4.79 Å². The average Bonchev–Trinajstić information content (AvgIpc) is 2.86. The van der Waals surface area contributed by atoms with Crippen LogP contribution in [0.15, 0.2) is 24.3 Å². The number of rotatable bonds is 5. The van der Waals surface area contributed by atoms with Gasteiger partial charge in [-0.1, -0.05) is 29.8 Å². The first-order valence-electron chi connectivity index (χ1n) is 7.67. The molecular weight excluding hydrogens is 312 g/mol. The maximum atomic E-state index is 12.3. The number of urea groups is 1. The Hall–Kier alpha value is -2.01. The van der Waals surface area contributed by atoms with Gasteiger partial charge in [0.1, 0.15) is 0 Å². The first kappa shape index (κ1) is 17.3. The van der Waals surface area contributed by atoms with Crippen LogP contribution in [-0.4, -0.2) is 34.7 Å². The number of halogens is 1. The summed E-state index contributed by atoms with van der Waals surface area (Å²) in [6.45, 7) is 6.45. The second kappa shape index (κ2) is 7.51. The predicted octanol–water partition coefficient (Wildman–Crippen LogP) is 3.63. The lowest BCUT2D eigenvalue weighted by atomic mass is 10.1. The Morgan fingerprint density at radius 3 is 2.70 bits per heavy atom. The van der Waals surface area contributed by atoms with Crippen LogP contribution in [0.25, 0.3) is 0 Å². The van der Waals surface area contributed by atoms with Crippen molar-refractivity contribution in [3.05, 3.63) is 51.8 Å². The first-order valence-corrected chi connectivity index (χ1v) is 8.05. The minimum absolute atomic E-state index is 0.0472. The molecule has 0 bridgehead atoms. The lowest BCUT2D eigenvalue weighted by Gasteiger charge is -2.25. The topological polar surface area (TPSA) is 61.0 Å². The summed E-state index contributed by atoms with van der Waals surface area (Å²) in [5, 5.41) is 10.8. The number of benzene rings is 1. The molecule has 0 aliphatic heterocycles. The van der Waals surface area contributed by atoms with E-state index in [1.807, 2.05) is 45.0 Å². The SMILES string of the molecule is Cc1n[nH]c(C)c1[C@H](C)N(C)C(=O)NCCc1ccccc1Cl. The summed E-state index contributed by atoms with van der Waals surface area (Å²) in [5.41, 5.74) is 4.01. The number of nitrogens with one attached hydrogen (secondary N) is 2. The van der Waals surface area contributed by atoms with E-state index in [0.717, 1.165) is 27.5 Å². The lowest BCUT2D eigenvalue weighted by molar-refractivity contribution is 0.194. The van der Waals surface area contributed by atoms with Gasteiger partial charge in [-0.3, -0.25) is 5.10 Å². The molecule has 0 saturated heterocycles. The Labute approximate surface area is 142 Å². The van der Waals surface area contributed by atoms with E-state index >= 15 is 0 Å². The smallest absolute Gasteiger partial charge is 0.317 e. The monoisotopic (exact) mass is 334 g/mol. The molecule has 1 heterocycles. The molecule has 6 heteroatoms. The maximum Gasteiger partial charge on any atom is 0.317 e. The van der Waals surface area contributed by atoms with E-state index in [0.29, 0.717) is 13.0 Å². The van der Waals surface area contributed by atoms with Crippen molar-refractivity contribution in [2.75, 3.05) is 13.6 Å². The highest BCUT2D eigenvalue weighted by molar-refractivity contribution is 6.31. The summed E-state index contributed by atoms with van der Waals surface area (Å²) in [5.74, 6) is 0. The summed E-state index contributed by atoms with van der Waals surface area (Å²) < 4.78 is 0. The van der Waals surface area contributed by atoms with Gasteiger partial charge in [-0.05, 0) is 38.8 Å². The number of carbonyl (C=O) groups is 1. The van der Waals surface area contributed by atoms with Crippen molar-refractivity contribution in [3.8, 4) is 0 Å². The zero-order valence-corrected chi connectivity index (χ0v) is 14.7. The van der Waals surface area contributed by atoms with Gasteiger partial charge >= 0.3 is 6.03 Å². The molecule has 0 spiro atoms. The molecule has 23 heavy (non-hydrogen) atoms. The fourth-order valence-corrected chi connectivity index (χ4v) is 2.90. The zero-order valence-electron chi connectivity index (χ0n) is 14.0. The molecule has 1 atom stereocenters. The van der Waals surface area contributed by atoms with Gasteiger partial charge in [0.05, 0.1) is 11.7 Å². The number of H-pyrrole nitrogens is 1. The number of aryl methyl sites for hydroxylation is 2. The number of aromatic amines is 1. The molecule has 0 radical (unpaired) electrons. The van der Waals surface area contributed by atoms with Crippen LogP contribution in [-0.2, 0) is 6.42 Å². The minimum atomic E-state index is -0.107. The van der Waals surface area contributed by atoms with Gasteiger partial charge < -0.3 is 10.2 Å². The molecule has 2 aromatic rings. The molecule has 0 fully saturated rings. The number of hydrogen-bond acceptors (Lipinski definition) is 2. The Kier molecular flexibility index (Phi) is 5.66. The summed E-state index contributed by atoms with van der Waals surface area (Å²) in [6, 6.07) is 7.52. The third kappa shape index (κ3) is 4.05. The van der Waals surface area contributed by atoms with Crippen LogP contribution in [0.3, 0.4) is 0 Å². The zero-order chi connectivity index (χ0) is 17.0. The van der Waals surface area contributed by atoms with Crippen molar-refractivity contribution in [1.82, 2.24) is 20.4 Å². The maximum absolute atomic E-state index is 12.3. The second-order valence-corrected chi connectivity index (χ2v) is 6.12. The van der Waals surface area contributed by atoms with Gasteiger partial charge in [0, 0.05) is 29.9 Å². The van der Waals surface area contributed by atoms with Crippen molar-refractivity contribution in [1.29, 1.82) is 0 Å². The van der Waals surface area contributed by atoms with Crippen LogP contribution >= 0.6 is 11.6 Å². The van der Waals surface area contributed by atoms with E-state index in [9.17, 15) is 4.79 Å². The fraction of sp³-hybridized carbons (Fsp3) is 0.412. The highest BCUT2D eigenvalue weighted by Crippen LogP contribution is 2.23. The Bertz CT molecular complexity index is 663. The molecule has 124 valence electrons. The van der Waals surface area contributed by atoms with Crippen LogP contribution < -0.4 is 5.32 Å². The molecule has 2 N–H and O–H groups in total. The van der Waals surface area contributed by atoms with Gasteiger partial charge in [0.25, 0.3) is 0 Å². The predicted molar refractivity (Wildman–Crippen MR) is 92.8 cm³/mol. The number of nitrogens with zero attached hydrogens (tertiary/aromatic N) is 2.